The van der Waals surface area contributed by atoms with Crippen molar-refractivity contribution in [1.29, 1.82) is 0 Å². The lowest BCUT2D eigenvalue weighted by atomic mass is 9.90. The molecule has 94 valence electrons. The minimum atomic E-state index is -0.543. The molecule has 0 bridgehead atoms. The molecular formula is C13H18F2N2. The SMILES string of the molecule is CCN1CCCC(N)C1c1ccc(F)cc1F. The van der Waals surface area contributed by atoms with Gasteiger partial charge >= 0.3 is 0 Å². The lowest BCUT2D eigenvalue weighted by Gasteiger charge is -2.39. The first kappa shape index (κ1) is 12.5. The van der Waals surface area contributed by atoms with E-state index in [4.69, 9.17) is 5.73 Å². The van der Waals surface area contributed by atoms with Crippen molar-refractivity contribution in [3.8, 4) is 0 Å². The second kappa shape index (κ2) is 5.10. The van der Waals surface area contributed by atoms with Gasteiger partial charge in [-0.25, -0.2) is 8.78 Å². The van der Waals surface area contributed by atoms with E-state index in [1.54, 1.807) is 0 Å². The summed E-state index contributed by atoms with van der Waals surface area (Å²) < 4.78 is 26.7. The number of benzene rings is 1. The summed E-state index contributed by atoms with van der Waals surface area (Å²) in [6.45, 7) is 3.79. The van der Waals surface area contributed by atoms with Crippen LogP contribution in [0.3, 0.4) is 0 Å². The highest BCUT2D eigenvalue weighted by Crippen LogP contribution is 2.31. The van der Waals surface area contributed by atoms with Crippen LogP contribution >= 0.6 is 0 Å². The fourth-order valence-corrected chi connectivity index (χ4v) is 2.62. The van der Waals surface area contributed by atoms with Crippen molar-refractivity contribution in [3.63, 3.8) is 0 Å². The summed E-state index contributed by atoms with van der Waals surface area (Å²) in [5.41, 5.74) is 6.60. The Morgan fingerprint density at radius 2 is 2.18 bits per heavy atom. The largest absolute Gasteiger partial charge is 0.326 e. The molecule has 2 unspecified atom stereocenters. The first-order valence-electron chi connectivity index (χ1n) is 6.08. The van der Waals surface area contributed by atoms with Crippen molar-refractivity contribution >= 4 is 0 Å². The monoisotopic (exact) mass is 240 g/mol. The third kappa shape index (κ3) is 2.48. The van der Waals surface area contributed by atoms with E-state index in [0.29, 0.717) is 5.56 Å². The fraction of sp³-hybridized carbons (Fsp3) is 0.538. The van der Waals surface area contributed by atoms with Crippen LogP contribution in [0, 0.1) is 11.6 Å². The van der Waals surface area contributed by atoms with E-state index in [9.17, 15) is 8.78 Å². The number of nitrogens with zero attached hydrogens (tertiary/aromatic N) is 1. The molecule has 1 fully saturated rings. The second-order valence-corrected chi connectivity index (χ2v) is 4.55. The maximum Gasteiger partial charge on any atom is 0.130 e. The summed E-state index contributed by atoms with van der Waals surface area (Å²) in [6.07, 6.45) is 1.92. The topological polar surface area (TPSA) is 29.3 Å². The van der Waals surface area contributed by atoms with Gasteiger partial charge in [0.05, 0.1) is 6.04 Å². The molecule has 4 heteroatoms. The van der Waals surface area contributed by atoms with Crippen LogP contribution in [0.2, 0.25) is 0 Å². The highest BCUT2D eigenvalue weighted by atomic mass is 19.1. The third-order valence-electron chi connectivity index (χ3n) is 3.47. The second-order valence-electron chi connectivity index (χ2n) is 4.55. The van der Waals surface area contributed by atoms with E-state index in [2.05, 4.69) is 4.90 Å². The molecule has 0 spiro atoms. The maximum absolute atomic E-state index is 13.8. The van der Waals surface area contributed by atoms with Gasteiger partial charge in [0.15, 0.2) is 0 Å². The maximum atomic E-state index is 13.8. The Bertz CT molecular complexity index is 395. The minimum Gasteiger partial charge on any atom is -0.326 e. The number of piperidine rings is 1. The molecule has 0 saturated carbocycles. The highest BCUT2D eigenvalue weighted by molar-refractivity contribution is 5.24. The van der Waals surface area contributed by atoms with E-state index in [-0.39, 0.29) is 12.1 Å². The number of nitrogens with two attached hydrogens (primary N) is 1. The Kier molecular flexibility index (Phi) is 3.74. The van der Waals surface area contributed by atoms with E-state index < -0.39 is 11.6 Å². The number of likely N-dealkylation sites (N-methyl/N-ethyl adjacent to an activating group) is 1. The van der Waals surface area contributed by atoms with E-state index in [1.165, 1.54) is 12.1 Å². The zero-order valence-electron chi connectivity index (χ0n) is 10.00. The van der Waals surface area contributed by atoms with Crippen LogP contribution in [0.4, 0.5) is 8.78 Å². The Balaban J connectivity index is 2.34. The molecule has 17 heavy (non-hydrogen) atoms. The fourth-order valence-electron chi connectivity index (χ4n) is 2.62. The molecule has 1 aliphatic heterocycles. The zero-order valence-corrected chi connectivity index (χ0v) is 10.00. The molecule has 1 heterocycles. The lowest BCUT2D eigenvalue weighted by Crippen LogP contribution is -2.46. The van der Waals surface area contributed by atoms with Gasteiger partial charge < -0.3 is 5.73 Å². The number of rotatable bonds is 2. The minimum absolute atomic E-state index is 0.0799. The first-order valence-corrected chi connectivity index (χ1v) is 6.08. The van der Waals surface area contributed by atoms with E-state index in [0.717, 1.165) is 32.0 Å². The first-order chi connectivity index (χ1) is 8.13. The van der Waals surface area contributed by atoms with Crippen LogP contribution in [0.5, 0.6) is 0 Å². The average Bonchev–Trinajstić information content (AvgIpc) is 2.30. The van der Waals surface area contributed by atoms with Gasteiger partial charge in [-0.1, -0.05) is 13.0 Å². The quantitative estimate of drug-likeness (QED) is 0.860. The normalized spacial score (nSPS) is 26.1. The van der Waals surface area contributed by atoms with Gasteiger partial charge in [0.2, 0.25) is 0 Å². The molecule has 0 aliphatic carbocycles. The van der Waals surface area contributed by atoms with Crippen LogP contribution < -0.4 is 5.73 Å². The van der Waals surface area contributed by atoms with Gasteiger partial charge in [0.25, 0.3) is 0 Å². The van der Waals surface area contributed by atoms with Gasteiger partial charge in [0, 0.05) is 17.7 Å². The Hall–Kier alpha value is -1.00. The van der Waals surface area contributed by atoms with Crippen molar-refractivity contribution in [2.45, 2.75) is 31.8 Å². The summed E-state index contributed by atoms with van der Waals surface area (Å²) in [6, 6.07) is 3.54. The molecule has 0 radical (unpaired) electrons. The number of likely N-dealkylation sites (tertiary alicyclic amines) is 1. The molecule has 2 atom stereocenters. The van der Waals surface area contributed by atoms with Crippen molar-refractivity contribution in [1.82, 2.24) is 4.90 Å². The van der Waals surface area contributed by atoms with Crippen LogP contribution in [0.1, 0.15) is 31.4 Å². The Labute approximate surface area is 100 Å². The zero-order chi connectivity index (χ0) is 12.4. The summed E-state index contributed by atoms with van der Waals surface area (Å²) in [7, 11) is 0. The molecule has 0 aromatic heterocycles. The summed E-state index contributed by atoms with van der Waals surface area (Å²) in [5, 5.41) is 0. The number of hydrogen-bond acceptors (Lipinski definition) is 2. The van der Waals surface area contributed by atoms with Crippen molar-refractivity contribution in [3.05, 3.63) is 35.4 Å². The Morgan fingerprint density at radius 1 is 1.41 bits per heavy atom. The standard InChI is InChI=1S/C13H18F2N2/c1-2-17-7-3-4-12(16)13(17)10-6-5-9(14)8-11(10)15/h5-6,8,12-13H,2-4,7,16H2,1H3. The van der Waals surface area contributed by atoms with Gasteiger partial charge in [-0.2, -0.15) is 0 Å². The van der Waals surface area contributed by atoms with Gasteiger partial charge in [-0.15, -0.1) is 0 Å². The molecule has 1 aromatic carbocycles. The van der Waals surface area contributed by atoms with E-state index >= 15 is 0 Å². The molecule has 1 aromatic rings. The van der Waals surface area contributed by atoms with Crippen molar-refractivity contribution in [2.75, 3.05) is 13.1 Å². The Morgan fingerprint density at radius 3 is 2.82 bits per heavy atom. The molecule has 0 amide bonds. The summed E-state index contributed by atoms with van der Waals surface area (Å²) in [4.78, 5) is 2.16. The molecule has 1 aliphatic rings. The number of halogens is 2. The van der Waals surface area contributed by atoms with Gasteiger partial charge in [-0.3, -0.25) is 4.90 Å². The summed E-state index contributed by atoms with van der Waals surface area (Å²) >= 11 is 0. The molecule has 1 saturated heterocycles. The predicted molar refractivity (Wildman–Crippen MR) is 63.6 cm³/mol. The molecule has 2 N–H and O–H groups in total. The molecule has 2 rings (SSSR count). The van der Waals surface area contributed by atoms with Crippen molar-refractivity contribution in [2.24, 2.45) is 5.73 Å². The van der Waals surface area contributed by atoms with Crippen LogP contribution in [0.25, 0.3) is 0 Å². The smallest absolute Gasteiger partial charge is 0.130 e. The van der Waals surface area contributed by atoms with Gasteiger partial charge in [0.1, 0.15) is 11.6 Å². The molecule has 2 nitrogen and oxygen atoms in total. The van der Waals surface area contributed by atoms with Crippen molar-refractivity contribution < 1.29 is 8.78 Å². The van der Waals surface area contributed by atoms with E-state index in [1.807, 2.05) is 6.92 Å². The highest BCUT2D eigenvalue weighted by Gasteiger charge is 2.31. The molecular weight excluding hydrogens is 222 g/mol. The third-order valence-corrected chi connectivity index (χ3v) is 3.47. The van der Waals surface area contributed by atoms with Crippen LogP contribution in [-0.4, -0.2) is 24.0 Å². The summed E-state index contributed by atoms with van der Waals surface area (Å²) in [5.74, 6) is -1.04. The van der Waals surface area contributed by atoms with Crippen LogP contribution in [-0.2, 0) is 0 Å². The van der Waals surface area contributed by atoms with Crippen LogP contribution in [0.15, 0.2) is 18.2 Å². The predicted octanol–water partition coefficient (Wildman–Crippen LogP) is 2.45. The van der Waals surface area contributed by atoms with Gasteiger partial charge in [-0.05, 0) is 32.0 Å². The lowest BCUT2D eigenvalue weighted by molar-refractivity contribution is 0.132. The number of hydrogen-bond donors (Lipinski definition) is 1. The average molecular weight is 240 g/mol.